The van der Waals surface area contributed by atoms with E-state index in [1.807, 2.05) is 17.5 Å². The number of anilines is 1. The van der Waals surface area contributed by atoms with Gasteiger partial charge in [-0.25, -0.2) is 4.98 Å². The number of nitrogens with zero attached hydrogens (tertiary/aromatic N) is 3. The van der Waals surface area contributed by atoms with Crippen molar-refractivity contribution >= 4 is 51.2 Å². The lowest BCUT2D eigenvalue weighted by molar-refractivity contribution is 0.211. The molecule has 6 nitrogen and oxygen atoms in total. The summed E-state index contributed by atoms with van der Waals surface area (Å²) in [5.74, 6) is 1.53. The molecule has 1 N–H and O–H groups in total. The maximum atomic E-state index is 5.86. The summed E-state index contributed by atoms with van der Waals surface area (Å²) in [6, 6.07) is 7.31. The molecule has 10 heteroatoms. The number of thiazole rings is 1. The third-order valence-electron chi connectivity index (χ3n) is 3.11. The van der Waals surface area contributed by atoms with E-state index in [0.29, 0.717) is 18.2 Å². The number of ether oxygens (including phenoxy) is 2. The Morgan fingerprint density at radius 2 is 2.08 bits per heavy atom. The fourth-order valence-corrected chi connectivity index (χ4v) is 4.50. The number of methoxy groups -OCH3 is 1. The molecule has 3 aromatic rings. The zero-order chi connectivity index (χ0) is 18.2. The second kappa shape index (κ2) is 10.1. The smallest absolute Gasteiger partial charge is 0.206 e. The van der Waals surface area contributed by atoms with E-state index in [4.69, 9.17) is 21.1 Å². The van der Waals surface area contributed by atoms with E-state index in [-0.39, 0.29) is 0 Å². The molecule has 0 aliphatic heterocycles. The Morgan fingerprint density at radius 3 is 2.88 bits per heavy atom. The lowest BCUT2D eigenvalue weighted by atomic mass is 10.3. The molecule has 0 atom stereocenters. The normalized spacial score (nSPS) is 10.8. The molecule has 0 aliphatic rings. The van der Waals surface area contributed by atoms with Gasteiger partial charge in [0.05, 0.1) is 12.3 Å². The number of benzene rings is 1. The number of nitrogens with one attached hydrogen (secondary N) is 1. The first kappa shape index (κ1) is 19.4. The number of rotatable bonds is 10. The third kappa shape index (κ3) is 6.10. The first-order valence-electron chi connectivity index (χ1n) is 7.73. The zero-order valence-electron chi connectivity index (χ0n) is 14.0. The molecule has 0 saturated heterocycles. The maximum Gasteiger partial charge on any atom is 0.206 e. The van der Waals surface area contributed by atoms with E-state index in [1.165, 1.54) is 11.3 Å². The highest BCUT2D eigenvalue weighted by molar-refractivity contribution is 8.00. The number of thioether (sulfide) groups is 1. The Balaban J connectivity index is 1.44. The average molecular weight is 429 g/mol. The van der Waals surface area contributed by atoms with Crippen LogP contribution in [-0.2, 0) is 17.1 Å². The molecule has 0 saturated carbocycles. The Kier molecular flexibility index (Phi) is 7.51. The topological polar surface area (TPSA) is 69.2 Å². The van der Waals surface area contributed by atoms with Crippen LogP contribution < -0.4 is 10.1 Å². The molecule has 2 heterocycles. The van der Waals surface area contributed by atoms with Gasteiger partial charge in [0.25, 0.3) is 0 Å². The minimum atomic E-state index is 0.448. The molecule has 3 rings (SSSR count). The van der Waals surface area contributed by atoms with Gasteiger partial charge in [-0.05, 0) is 24.3 Å². The van der Waals surface area contributed by atoms with Crippen LogP contribution in [-0.4, -0.2) is 35.4 Å². The monoisotopic (exact) mass is 428 g/mol. The molecule has 0 bridgehead atoms. The van der Waals surface area contributed by atoms with E-state index >= 15 is 0 Å². The van der Waals surface area contributed by atoms with Crippen LogP contribution >= 0.6 is 46.0 Å². The number of hydrogen-bond acceptors (Lipinski definition) is 9. The highest BCUT2D eigenvalue weighted by atomic mass is 35.5. The number of aromatic nitrogens is 3. The van der Waals surface area contributed by atoms with Crippen LogP contribution in [0.4, 0.5) is 5.13 Å². The summed E-state index contributed by atoms with van der Waals surface area (Å²) in [6.07, 6.45) is 0. The van der Waals surface area contributed by atoms with Gasteiger partial charge in [0.1, 0.15) is 17.4 Å². The molecule has 0 fully saturated rings. The van der Waals surface area contributed by atoms with E-state index in [2.05, 4.69) is 20.5 Å². The Bertz CT molecular complexity index is 810. The van der Waals surface area contributed by atoms with Gasteiger partial charge in [-0.15, -0.1) is 21.5 Å². The average Bonchev–Trinajstić information content (AvgIpc) is 3.29. The lowest BCUT2D eigenvalue weighted by Crippen LogP contribution is -2.06. The highest BCUT2D eigenvalue weighted by Gasteiger charge is 2.08. The molecular weight excluding hydrogens is 412 g/mol. The van der Waals surface area contributed by atoms with Crippen LogP contribution in [0.25, 0.3) is 0 Å². The largest absolute Gasteiger partial charge is 0.486 e. The van der Waals surface area contributed by atoms with Crippen molar-refractivity contribution in [3.63, 3.8) is 0 Å². The fourth-order valence-electron chi connectivity index (χ4n) is 1.89. The van der Waals surface area contributed by atoms with Gasteiger partial charge in [0.15, 0.2) is 4.34 Å². The van der Waals surface area contributed by atoms with Crippen LogP contribution in [0.3, 0.4) is 0 Å². The van der Waals surface area contributed by atoms with Crippen LogP contribution in [0.2, 0.25) is 5.02 Å². The summed E-state index contributed by atoms with van der Waals surface area (Å²) in [4.78, 5) is 4.60. The van der Waals surface area contributed by atoms with E-state index in [1.54, 1.807) is 42.3 Å². The van der Waals surface area contributed by atoms with Crippen molar-refractivity contribution in [2.24, 2.45) is 0 Å². The summed E-state index contributed by atoms with van der Waals surface area (Å²) in [7, 11) is 1.67. The van der Waals surface area contributed by atoms with Crippen molar-refractivity contribution in [1.29, 1.82) is 0 Å². The van der Waals surface area contributed by atoms with Crippen molar-refractivity contribution in [2.45, 2.75) is 16.7 Å². The number of halogens is 1. The van der Waals surface area contributed by atoms with Gasteiger partial charge < -0.3 is 14.8 Å². The zero-order valence-corrected chi connectivity index (χ0v) is 17.2. The summed E-state index contributed by atoms with van der Waals surface area (Å²) < 4.78 is 11.6. The second-order valence-electron chi connectivity index (χ2n) is 5.06. The summed E-state index contributed by atoms with van der Waals surface area (Å²) in [5.41, 5.74) is 1.01. The molecule has 138 valence electrons. The van der Waals surface area contributed by atoms with Crippen LogP contribution in [0.1, 0.15) is 10.7 Å². The SMILES string of the molecule is COCCNc1nnc(SCc2csc(COc3ccc(Cl)cc3)n2)s1. The predicted molar refractivity (Wildman–Crippen MR) is 108 cm³/mol. The van der Waals surface area contributed by atoms with Crippen molar-refractivity contribution in [3.05, 3.63) is 45.4 Å². The molecule has 0 radical (unpaired) electrons. The molecule has 0 spiro atoms. The Morgan fingerprint density at radius 1 is 1.23 bits per heavy atom. The quantitative estimate of drug-likeness (QED) is 0.374. The van der Waals surface area contributed by atoms with Gasteiger partial charge in [0, 0.05) is 29.8 Å². The van der Waals surface area contributed by atoms with Gasteiger partial charge in [-0.1, -0.05) is 34.7 Å². The maximum absolute atomic E-state index is 5.86. The molecule has 2 aromatic heterocycles. The highest BCUT2D eigenvalue weighted by Crippen LogP contribution is 2.28. The third-order valence-corrected chi connectivity index (χ3v) is 6.28. The van der Waals surface area contributed by atoms with Gasteiger partial charge in [0.2, 0.25) is 5.13 Å². The van der Waals surface area contributed by atoms with Crippen LogP contribution in [0.15, 0.2) is 34.0 Å². The van der Waals surface area contributed by atoms with Crippen molar-refractivity contribution < 1.29 is 9.47 Å². The Hall–Kier alpha value is -1.39. The minimum Gasteiger partial charge on any atom is -0.486 e. The molecule has 0 aliphatic carbocycles. The van der Waals surface area contributed by atoms with Crippen LogP contribution in [0.5, 0.6) is 5.75 Å². The summed E-state index contributed by atoms with van der Waals surface area (Å²) >= 11 is 10.6. The van der Waals surface area contributed by atoms with Gasteiger partial charge in [-0.2, -0.15) is 0 Å². The summed E-state index contributed by atoms with van der Waals surface area (Å²) in [5, 5.41) is 15.9. The minimum absolute atomic E-state index is 0.448. The van der Waals surface area contributed by atoms with Crippen molar-refractivity contribution in [3.8, 4) is 5.75 Å². The van der Waals surface area contributed by atoms with Crippen molar-refractivity contribution in [2.75, 3.05) is 25.6 Å². The van der Waals surface area contributed by atoms with E-state index in [0.717, 1.165) is 38.2 Å². The standard InChI is InChI=1S/C16H17ClN4O2S3/c1-22-7-6-18-15-20-21-16(26-15)25-10-12-9-24-14(19-12)8-23-13-4-2-11(17)3-5-13/h2-5,9H,6-8,10H2,1H3,(H,18,20). The fraction of sp³-hybridized carbons (Fsp3) is 0.312. The number of hydrogen-bond donors (Lipinski definition) is 1. The molecule has 26 heavy (non-hydrogen) atoms. The van der Waals surface area contributed by atoms with E-state index in [9.17, 15) is 0 Å². The van der Waals surface area contributed by atoms with Crippen molar-refractivity contribution in [1.82, 2.24) is 15.2 Å². The first-order valence-corrected chi connectivity index (χ1v) is 10.8. The summed E-state index contributed by atoms with van der Waals surface area (Å²) in [6.45, 7) is 1.81. The van der Waals surface area contributed by atoms with Crippen LogP contribution in [0, 0.1) is 0 Å². The first-order chi connectivity index (χ1) is 12.7. The lowest BCUT2D eigenvalue weighted by Gasteiger charge is -2.03. The molecule has 0 unspecified atom stereocenters. The molecule has 1 aromatic carbocycles. The van der Waals surface area contributed by atoms with Gasteiger partial charge in [-0.3, -0.25) is 0 Å². The Labute approximate surface area is 168 Å². The molecule has 0 amide bonds. The second-order valence-corrected chi connectivity index (χ2v) is 8.64. The van der Waals surface area contributed by atoms with E-state index < -0.39 is 0 Å². The predicted octanol–water partition coefficient (Wildman–Crippen LogP) is 4.58. The molecular formula is C16H17ClN4O2S3. The van der Waals surface area contributed by atoms with Gasteiger partial charge >= 0.3 is 0 Å².